The number of aliphatic imine (C=N–C) groups is 1. The zero-order chi connectivity index (χ0) is 8.10. The van der Waals surface area contributed by atoms with Gasteiger partial charge >= 0.3 is 0 Å². The van der Waals surface area contributed by atoms with Crippen LogP contribution in [0.4, 0.5) is 5.69 Å². The summed E-state index contributed by atoms with van der Waals surface area (Å²) in [5.41, 5.74) is 0.764. The van der Waals surface area contributed by atoms with E-state index in [-0.39, 0.29) is 0 Å². The summed E-state index contributed by atoms with van der Waals surface area (Å²) in [6.07, 6.45) is 3.19. The van der Waals surface area contributed by atoms with Crippen LogP contribution in [0.5, 0.6) is 0 Å². The molecule has 0 atom stereocenters. The fraction of sp³-hybridized carbons (Fsp3) is 0.143. The lowest BCUT2D eigenvalue weighted by Gasteiger charge is -1.99. The van der Waals surface area contributed by atoms with Gasteiger partial charge < -0.3 is 5.32 Å². The largest absolute Gasteiger partial charge is 0.344 e. The average Bonchev–Trinajstić information content (AvgIpc) is 2.03. The number of pyridine rings is 1. The molecule has 0 saturated heterocycles. The monoisotopic (exact) mass is 169 g/mol. The number of nitrogens with one attached hydrogen (secondary N) is 1. The molecule has 4 heteroatoms. The van der Waals surface area contributed by atoms with Crippen molar-refractivity contribution in [1.82, 2.24) is 4.98 Å². The SMILES string of the molecule is CN=CNc1cccnc1Cl. The highest BCUT2D eigenvalue weighted by atomic mass is 35.5. The number of aromatic nitrogens is 1. The zero-order valence-electron chi connectivity index (χ0n) is 6.08. The summed E-state index contributed by atoms with van der Waals surface area (Å²) in [5, 5.41) is 3.33. The van der Waals surface area contributed by atoms with Gasteiger partial charge in [-0.1, -0.05) is 11.6 Å². The Kier molecular flexibility index (Phi) is 2.86. The number of anilines is 1. The molecule has 0 amide bonds. The van der Waals surface area contributed by atoms with Crippen molar-refractivity contribution >= 4 is 23.6 Å². The van der Waals surface area contributed by atoms with Gasteiger partial charge in [0, 0.05) is 13.2 Å². The molecule has 0 radical (unpaired) electrons. The molecule has 0 aromatic carbocycles. The van der Waals surface area contributed by atoms with Gasteiger partial charge in [0.25, 0.3) is 0 Å². The predicted molar refractivity (Wildman–Crippen MR) is 47.3 cm³/mol. The Labute approximate surface area is 70.1 Å². The van der Waals surface area contributed by atoms with Crippen LogP contribution in [0.25, 0.3) is 0 Å². The lowest BCUT2D eigenvalue weighted by molar-refractivity contribution is 1.33. The fourth-order valence-corrected chi connectivity index (χ4v) is 0.802. The van der Waals surface area contributed by atoms with E-state index in [0.29, 0.717) is 5.15 Å². The third-order valence-electron chi connectivity index (χ3n) is 1.11. The van der Waals surface area contributed by atoms with Crippen molar-refractivity contribution in [2.45, 2.75) is 0 Å². The van der Waals surface area contributed by atoms with Crippen LogP contribution in [-0.2, 0) is 0 Å². The standard InChI is InChI=1S/C7H8ClN3/c1-9-5-11-6-3-2-4-10-7(6)8/h2-5H,1H3,(H,9,11). The lowest BCUT2D eigenvalue weighted by atomic mass is 10.4. The van der Waals surface area contributed by atoms with Crippen molar-refractivity contribution in [2.75, 3.05) is 12.4 Å². The van der Waals surface area contributed by atoms with Gasteiger partial charge in [-0.3, -0.25) is 4.99 Å². The van der Waals surface area contributed by atoms with E-state index in [4.69, 9.17) is 11.6 Å². The Morgan fingerprint density at radius 2 is 2.55 bits per heavy atom. The van der Waals surface area contributed by atoms with Gasteiger partial charge in [-0.2, -0.15) is 0 Å². The molecule has 1 aromatic heterocycles. The molecule has 0 aliphatic heterocycles. The van der Waals surface area contributed by atoms with E-state index in [1.165, 1.54) is 0 Å². The van der Waals surface area contributed by atoms with Crippen molar-refractivity contribution < 1.29 is 0 Å². The fourth-order valence-electron chi connectivity index (χ4n) is 0.628. The Balaban J connectivity index is 2.77. The van der Waals surface area contributed by atoms with E-state index in [2.05, 4.69) is 15.3 Å². The van der Waals surface area contributed by atoms with Crippen LogP contribution >= 0.6 is 11.6 Å². The number of nitrogens with zero attached hydrogens (tertiary/aromatic N) is 2. The maximum Gasteiger partial charge on any atom is 0.152 e. The minimum Gasteiger partial charge on any atom is -0.344 e. The summed E-state index contributed by atoms with van der Waals surface area (Å²) >= 11 is 5.72. The Hall–Kier alpha value is -1.09. The van der Waals surface area contributed by atoms with Crippen molar-refractivity contribution in [3.8, 4) is 0 Å². The Bertz CT molecular complexity index is 260. The van der Waals surface area contributed by atoms with E-state index in [1.807, 2.05) is 6.07 Å². The van der Waals surface area contributed by atoms with Gasteiger partial charge in [0.15, 0.2) is 5.15 Å². The van der Waals surface area contributed by atoms with E-state index < -0.39 is 0 Å². The minimum absolute atomic E-state index is 0.451. The predicted octanol–water partition coefficient (Wildman–Crippen LogP) is 1.80. The summed E-state index contributed by atoms with van der Waals surface area (Å²) in [6, 6.07) is 3.63. The minimum atomic E-state index is 0.451. The number of hydrogen-bond donors (Lipinski definition) is 1. The average molecular weight is 170 g/mol. The maximum absolute atomic E-state index is 5.72. The number of hydrogen-bond acceptors (Lipinski definition) is 2. The smallest absolute Gasteiger partial charge is 0.152 e. The van der Waals surface area contributed by atoms with Crippen LogP contribution in [0.15, 0.2) is 23.3 Å². The maximum atomic E-state index is 5.72. The van der Waals surface area contributed by atoms with Crippen LogP contribution < -0.4 is 5.32 Å². The quantitative estimate of drug-likeness (QED) is 0.417. The van der Waals surface area contributed by atoms with E-state index in [9.17, 15) is 0 Å². The summed E-state index contributed by atoms with van der Waals surface area (Å²) in [5.74, 6) is 0. The second kappa shape index (κ2) is 3.93. The third kappa shape index (κ3) is 2.20. The molecule has 1 heterocycles. The van der Waals surface area contributed by atoms with Crippen molar-refractivity contribution in [3.63, 3.8) is 0 Å². The molecular formula is C7H8ClN3. The van der Waals surface area contributed by atoms with E-state index in [0.717, 1.165) is 5.69 Å². The summed E-state index contributed by atoms with van der Waals surface area (Å²) in [7, 11) is 1.68. The summed E-state index contributed by atoms with van der Waals surface area (Å²) in [4.78, 5) is 7.62. The molecule has 3 nitrogen and oxygen atoms in total. The highest BCUT2D eigenvalue weighted by Crippen LogP contribution is 2.15. The molecule has 11 heavy (non-hydrogen) atoms. The Morgan fingerprint density at radius 1 is 1.73 bits per heavy atom. The van der Waals surface area contributed by atoms with E-state index in [1.54, 1.807) is 25.6 Å². The molecule has 0 aliphatic rings. The highest BCUT2D eigenvalue weighted by molar-refractivity contribution is 6.32. The second-order valence-electron chi connectivity index (χ2n) is 1.87. The highest BCUT2D eigenvalue weighted by Gasteiger charge is 1.94. The van der Waals surface area contributed by atoms with Crippen molar-refractivity contribution in [3.05, 3.63) is 23.5 Å². The van der Waals surface area contributed by atoms with Crippen LogP contribution in [0, 0.1) is 0 Å². The lowest BCUT2D eigenvalue weighted by Crippen LogP contribution is -1.95. The molecule has 0 fully saturated rings. The number of halogens is 1. The van der Waals surface area contributed by atoms with Crippen LogP contribution in [-0.4, -0.2) is 18.4 Å². The Morgan fingerprint density at radius 3 is 3.18 bits per heavy atom. The van der Waals surface area contributed by atoms with Gasteiger partial charge in [-0.05, 0) is 12.1 Å². The molecule has 1 aromatic rings. The van der Waals surface area contributed by atoms with Gasteiger partial charge in [-0.25, -0.2) is 4.98 Å². The van der Waals surface area contributed by atoms with Crippen molar-refractivity contribution in [1.29, 1.82) is 0 Å². The van der Waals surface area contributed by atoms with Crippen molar-refractivity contribution in [2.24, 2.45) is 4.99 Å². The first-order chi connectivity index (χ1) is 5.34. The molecule has 0 aliphatic carbocycles. The first kappa shape index (κ1) is 8.01. The molecule has 1 N–H and O–H groups in total. The first-order valence-corrected chi connectivity index (χ1v) is 3.50. The molecule has 58 valence electrons. The molecule has 0 saturated carbocycles. The zero-order valence-corrected chi connectivity index (χ0v) is 6.84. The third-order valence-corrected chi connectivity index (χ3v) is 1.41. The van der Waals surface area contributed by atoms with Gasteiger partial charge in [0.2, 0.25) is 0 Å². The molecule has 0 spiro atoms. The topological polar surface area (TPSA) is 37.3 Å². The van der Waals surface area contributed by atoms with Gasteiger partial charge in [-0.15, -0.1) is 0 Å². The first-order valence-electron chi connectivity index (χ1n) is 3.12. The molecule has 0 unspecified atom stereocenters. The molecule has 1 rings (SSSR count). The normalized spacial score (nSPS) is 10.4. The number of rotatable bonds is 2. The van der Waals surface area contributed by atoms with Crippen LogP contribution in [0.2, 0.25) is 5.15 Å². The van der Waals surface area contributed by atoms with Gasteiger partial charge in [0.05, 0.1) is 12.0 Å². The summed E-state index contributed by atoms with van der Waals surface area (Å²) < 4.78 is 0. The second-order valence-corrected chi connectivity index (χ2v) is 2.23. The summed E-state index contributed by atoms with van der Waals surface area (Å²) in [6.45, 7) is 0. The molecular weight excluding hydrogens is 162 g/mol. The van der Waals surface area contributed by atoms with Crippen LogP contribution in [0.1, 0.15) is 0 Å². The molecule has 0 bridgehead atoms. The van der Waals surface area contributed by atoms with E-state index >= 15 is 0 Å². The van der Waals surface area contributed by atoms with Gasteiger partial charge in [0.1, 0.15) is 0 Å². The van der Waals surface area contributed by atoms with Crippen LogP contribution in [0.3, 0.4) is 0 Å².